The van der Waals surface area contributed by atoms with Gasteiger partial charge in [-0.25, -0.2) is 0 Å². The van der Waals surface area contributed by atoms with Gasteiger partial charge in [-0.15, -0.1) is 11.8 Å². The quantitative estimate of drug-likeness (QED) is 0.765. The van der Waals surface area contributed by atoms with Crippen LogP contribution in [0.5, 0.6) is 0 Å². The summed E-state index contributed by atoms with van der Waals surface area (Å²) in [6, 6.07) is 7.94. The number of halogens is 3. The van der Waals surface area contributed by atoms with Crippen LogP contribution < -0.4 is 10.6 Å². The van der Waals surface area contributed by atoms with Crippen molar-refractivity contribution < 1.29 is 13.2 Å². The van der Waals surface area contributed by atoms with E-state index < -0.39 is 11.9 Å². The van der Waals surface area contributed by atoms with Gasteiger partial charge in [0.25, 0.3) is 0 Å². The lowest BCUT2D eigenvalue weighted by Gasteiger charge is -2.21. The minimum absolute atomic E-state index is 0.230. The van der Waals surface area contributed by atoms with Crippen molar-refractivity contribution in [3.8, 4) is 0 Å². The van der Waals surface area contributed by atoms with Gasteiger partial charge in [-0.2, -0.15) is 13.2 Å². The molecule has 6 heteroatoms. The molecule has 0 spiro atoms. The van der Waals surface area contributed by atoms with E-state index in [9.17, 15) is 13.2 Å². The molecule has 0 radical (unpaired) electrons. The highest BCUT2D eigenvalue weighted by atomic mass is 32.2. The number of hydrogen-bond donors (Lipinski definition) is 2. The van der Waals surface area contributed by atoms with Crippen LogP contribution >= 0.6 is 11.8 Å². The molecule has 2 atom stereocenters. The predicted molar refractivity (Wildman–Crippen MR) is 81.9 cm³/mol. The summed E-state index contributed by atoms with van der Waals surface area (Å²) in [6.07, 6.45) is -0.776. The molecule has 2 unspecified atom stereocenters. The fourth-order valence-electron chi connectivity index (χ4n) is 2.58. The van der Waals surface area contributed by atoms with Crippen molar-refractivity contribution in [2.45, 2.75) is 49.3 Å². The second kappa shape index (κ2) is 7.40. The monoisotopic (exact) mass is 318 g/mol. The molecule has 0 aliphatic carbocycles. The lowest BCUT2D eigenvalue weighted by molar-refractivity contribution is -0.105. The van der Waals surface area contributed by atoms with Crippen molar-refractivity contribution in [1.82, 2.24) is 5.32 Å². The van der Waals surface area contributed by atoms with Crippen LogP contribution in [-0.4, -0.2) is 30.6 Å². The van der Waals surface area contributed by atoms with Gasteiger partial charge >= 0.3 is 6.18 Å². The summed E-state index contributed by atoms with van der Waals surface area (Å²) in [5.41, 5.74) is 0.789. The Morgan fingerprint density at radius 1 is 1.38 bits per heavy atom. The van der Waals surface area contributed by atoms with Crippen LogP contribution in [0.15, 0.2) is 29.2 Å². The average molecular weight is 318 g/mol. The van der Waals surface area contributed by atoms with Gasteiger partial charge in [0.15, 0.2) is 0 Å². The number of benzene rings is 1. The summed E-state index contributed by atoms with van der Waals surface area (Å²) >= 11 is 0.836. The molecule has 1 heterocycles. The van der Waals surface area contributed by atoms with Gasteiger partial charge in [0.05, 0.1) is 5.75 Å². The first-order valence-corrected chi connectivity index (χ1v) is 8.21. The topological polar surface area (TPSA) is 24.1 Å². The normalized spacial score (nSPS) is 20.5. The molecule has 1 aliphatic heterocycles. The Hall–Kier alpha value is -0.880. The highest BCUT2D eigenvalue weighted by Crippen LogP contribution is 2.32. The maximum atomic E-state index is 12.4. The van der Waals surface area contributed by atoms with Gasteiger partial charge in [-0.05, 0) is 44.9 Å². The van der Waals surface area contributed by atoms with Crippen LogP contribution in [0.25, 0.3) is 0 Å². The molecule has 1 fully saturated rings. The summed E-state index contributed by atoms with van der Waals surface area (Å²) in [7, 11) is 0. The molecule has 2 N–H and O–H groups in total. The summed E-state index contributed by atoms with van der Waals surface area (Å²) < 4.78 is 37.1. The maximum absolute atomic E-state index is 12.4. The minimum Gasteiger partial charge on any atom is -0.382 e. The van der Waals surface area contributed by atoms with Crippen LogP contribution in [0.1, 0.15) is 26.2 Å². The molecule has 0 aromatic heterocycles. The van der Waals surface area contributed by atoms with Crippen molar-refractivity contribution in [3.63, 3.8) is 0 Å². The van der Waals surface area contributed by atoms with E-state index in [0.29, 0.717) is 10.9 Å². The molecule has 1 aromatic rings. The van der Waals surface area contributed by atoms with Crippen molar-refractivity contribution >= 4 is 17.4 Å². The van der Waals surface area contributed by atoms with Gasteiger partial charge in [-0.3, -0.25) is 0 Å². The second-order valence-electron chi connectivity index (χ2n) is 5.47. The van der Waals surface area contributed by atoms with E-state index in [1.54, 1.807) is 12.1 Å². The SMILES string of the molecule is CC(CC1CCCN1)Nc1ccccc1SCC(F)(F)F. The highest BCUT2D eigenvalue weighted by molar-refractivity contribution is 7.99. The predicted octanol–water partition coefficient (Wildman–Crippen LogP) is 4.28. The number of thioether (sulfide) groups is 1. The molecule has 1 aromatic carbocycles. The van der Waals surface area contributed by atoms with E-state index in [4.69, 9.17) is 0 Å². The van der Waals surface area contributed by atoms with Crippen LogP contribution in [0, 0.1) is 0 Å². The van der Waals surface area contributed by atoms with Gasteiger partial charge in [-0.1, -0.05) is 12.1 Å². The number of hydrogen-bond acceptors (Lipinski definition) is 3. The third-order valence-corrected chi connectivity index (χ3v) is 4.62. The Morgan fingerprint density at radius 3 is 2.81 bits per heavy atom. The molecule has 1 aliphatic rings. The van der Waals surface area contributed by atoms with Crippen LogP contribution in [0.4, 0.5) is 18.9 Å². The van der Waals surface area contributed by atoms with Crippen LogP contribution in [0.2, 0.25) is 0 Å². The molecule has 21 heavy (non-hydrogen) atoms. The summed E-state index contributed by atoms with van der Waals surface area (Å²) in [5, 5.41) is 6.78. The van der Waals surface area contributed by atoms with Crippen LogP contribution in [-0.2, 0) is 0 Å². The van der Waals surface area contributed by atoms with Gasteiger partial charge in [0, 0.05) is 22.7 Å². The first kappa shape index (κ1) is 16.5. The van der Waals surface area contributed by atoms with E-state index >= 15 is 0 Å². The lowest BCUT2D eigenvalue weighted by atomic mass is 10.1. The fraction of sp³-hybridized carbons (Fsp3) is 0.600. The van der Waals surface area contributed by atoms with Gasteiger partial charge in [0.1, 0.15) is 0 Å². The van der Waals surface area contributed by atoms with Crippen molar-refractivity contribution in [3.05, 3.63) is 24.3 Å². The molecule has 2 nitrogen and oxygen atoms in total. The molecular weight excluding hydrogens is 297 g/mol. The molecular formula is C15H21F3N2S. The lowest BCUT2D eigenvalue weighted by Crippen LogP contribution is -2.29. The zero-order chi connectivity index (χ0) is 15.3. The fourth-order valence-corrected chi connectivity index (χ4v) is 3.36. The van der Waals surface area contributed by atoms with Crippen molar-refractivity contribution in [2.24, 2.45) is 0 Å². The standard InChI is InChI=1S/C15H21F3N2S/c1-11(9-12-5-4-8-19-12)20-13-6-2-3-7-14(13)21-10-15(16,17)18/h2-3,6-7,11-12,19-20H,4-5,8-10H2,1H3. The first-order chi connectivity index (χ1) is 9.94. The Bertz CT molecular complexity index is 445. The molecule has 0 saturated carbocycles. The molecule has 0 bridgehead atoms. The number of para-hydroxylation sites is 1. The highest BCUT2D eigenvalue weighted by Gasteiger charge is 2.27. The zero-order valence-corrected chi connectivity index (χ0v) is 12.9. The largest absolute Gasteiger partial charge is 0.398 e. The molecule has 0 amide bonds. The third-order valence-electron chi connectivity index (χ3n) is 3.48. The molecule has 1 saturated heterocycles. The van der Waals surface area contributed by atoms with Crippen molar-refractivity contribution in [2.75, 3.05) is 17.6 Å². The maximum Gasteiger partial charge on any atom is 0.398 e. The third kappa shape index (κ3) is 5.79. The second-order valence-corrected chi connectivity index (χ2v) is 6.49. The zero-order valence-electron chi connectivity index (χ0n) is 12.0. The number of anilines is 1. The van der Waals surface area contributed by atoms with Crippen LogP contribution in [0.3, 0.4) is 0 Å². The van der Waals surface area contributed by atoms with Crippen molar-refractivity contribution in [1.29, 1.82) is 0 Å². The Balaban J connectivity index is 1.92. The van der Waals surface area contributed by atoms with E-state index in [1.807, 2.05) is 12.1 Å². The summed E-state index contributed by atoms with van der Waals surface area (Å²) in [6.45, 7) is 3.14. The Kier molecular flexibility index (Phi) is 5.81. The number of alkyl halides is 3. The first-order valence-electron chi connectivity index (χ1n) is 7.22. The van der Waals surface area contributed by atoms with E-state index in [0.717, 1.165) is 30.4 Å². The average Bonchev–Trinajstić information content (AvgIpc) is 2.89. The minimum atomic E-state index is -4.14. The Labute approximate surface area is 127 Å². The van der Waals surface area contributed by atoms with E-state index in [-0.39, 0.29) is 6.04 Å². The van der Waals surface area contributed by atoms with Gasteiger partial charge < -0.3 is 10.6 Å². The Morgan fingerprint density at radius 2 is 2.14 bits per heavy atom. The van der Waals surface area contributed by atoms with E-state index in [2.05, 4.69) is 17.6 Å². The smallest absolute Gasteiger partial charge is 0.382 e. The van der Waals surface area contributed by atoms with Gasteiger partial charge in [0.2, 0.25) is 0 Å². The summed E-state index contributed by atoms with van der Waals surface area (Å²) in [5.74, 6) is -0.857. The molecule has 118 valence electrons. The molecule has 2 rings (SSSR count). The number of nitrogens with one attached hydrogen (secondary N) is 2. The number of rotatable bonds is 6. The summed E-state index contributed by atoms with van der Waals surface area (Å²) in [4.78, 5) is 0.654. The van der Waals surface area contributed by atoms with E-state index in [1.165, 1.54) is 12.8 Å².